The summed E-state index contributed by atoms with van der Waals surface area (Å²) in [4.78, 5) is 27.1. The second-order valence-corrected chi connectivity index (χ2v) is 7.86. The Hall–Kier alpha value is -3.95. The highest BCUT2D eigenvalue weighted by atomic mass is 19.1. The number of rotatable bonds is 6. The molecular formula is C25H26FN5O3. The van der Waals surface area contributed by atoms with E-state index in [4.69, 9.17) is 10.5 Å². The first kappa shape index (κ1) is 23.2. The molecule has 176 valence electrons. The molecule has 0 unspecified atom stereocenters. The molecule has 0 atom stereocenters. The van der Waals surface area contributed by atoms with Gasteiger partial charge in [0.15, 0.2) is 0 Å². The smallest absolute Gasteiger partial charge is 0.345 e. The molecule has 4 N–H and O–H groups in total. The van der Waals surface area contributed by atoms with E-state index in [2.05, 4.69) is 10.7 Å². The van der Waals surface area contributed by atoms with Gasteiger partial charge in [0.2, 0.25) is 0 Å². The highest BCUT2D eigenvalue weighted by Crippen LogP contribution is 2.26. The van der Waals surface area contributed by atoms with Crippen molar-refractivity contribution in [2.45, 2.75) is 13.5 Å². The van der Waals surface area contributed by atoms with E-state index in [0.717, 1.165) is 16.8 Å². The van der Waals surface area contributed by atoms with Crippen LogP contribution in [0.4, 0.5) is 31.9 Å². The van der Waals surface area contributed by atoms with Gasteiger partial charge in [0, 0.05) is 24.5 Å². The van der Waals surface area contributed by atoms with Crippen molar-refractivity contribution in [3.05, 3.63) is 83.7 Å². The van der Waals surface area contributed by atoms with Crippen molar-refractivity contribution >= 4 is 34.7 Å². The molecule has 0 spiro atoms. The average Bonchev–Trinajstić information content (AvgIpc) is 2.84. The number of carbonyl (C=O) groups is 2. The summed E-state index contributed by atoms with van der Waals surface area (Å²) < 4.78 is 18.7. The molecule has 3 amide bonds. The molecule has 0 aliphatic carbocycles. The van der Waals surface area contributed by atoms with Gasteiger partial charge in [0.05, 0.1) is 18.0 Å². The van der Waals surface area contributed by atoms with E-state index in [1.54, 1.807) is 29.2 Å². The number of amides is 3. The zero-order valence-corrected chi connectivity index (χ0v) is 18.8. The molecule has 1 aliphatic rings. The number of benzene rings is 3. The van der Waals surface area contributed by atoms with Gasteiger partial charge in [0.1, 0.15) is 12.4 Å². The van der Waals surface area contributed by atoms with Crippen molar-refractivity contribution in [1.82, 2.24) is 0 Å². The van der Waals surface area contributed by atoms with E-state index < -0.39 is 11.8 Å². The first-order chi connectivity index (χ1) is 16.4. The molecule has 0 aromatic heterocycles. The summed E-state index contributed by atoms with van der Waals surface area (Å²) in [6.07, 6.45) is 0. The van der Waals surface area contributed by atoms with Crippen molar-refractivity contribution in [3.8, 4) is 0 Å². The minimum Gasteiger partial charge on any atom is -0.370 e. The molecule has 1 fully saturated rings. The third-order valence-electron chi connectivity index (χ3n) is 5.42. The first-order valence-electron chi connectivity index (χ1n) is 10.9. The van der Waals surface area contributed by atoms with Crippen LogP contribution in [0, 0.1) is 12.7 Å². The van der Waals surface area contributed by atoms with Crippen molar-refractivity contribution in [2.75, 3.05) is 40.4 Å². The van der Waals surface area contributed by atoms with Gasteiger partial charge in [-0.05, 0) is 72.6 Å². The minimum atomic E-state index is -0.473. The number of nitrogens with zero attached hydrogens (tertiary/aromatic N) is 2. The first-order valence-corrected chi connectivity index (χ1v) is 10.9. The lowest BCUT2D eigenvalue weighted by Crippen LogP contribution is -2.42. The van der Waals surface area contributed by atoms with Crippen LogP contribution in [0.25, 0.3) is 0 Å². The summed E-state index contributed by atoms with van der Waals surface area (Å²) in [5.74, 6) is -0.504. The van der Waals surface area contributed by atoms with Crippen LogP contribution < -0.4 is 26.4 Å². The van der Waals surface area contributed by atoms with Gasteiger partial charge in [-0.25, -0.2) is 14.2 Å². The summed E-state index contributed by atoms with van der Waals surface area (Å²) in [5, 5.41) is 4.16. The molecule has 8 nitrogen and oxygen atoms in total. The van der Waals surface area contributed by atoms with E-state index >= 15 is 0 Å². The van der Waals surface area contributed by atoms with E-state index in [1.807, 2.05) is 25.1 Å². The Morgan fingerprint density at radius 3 is 2.62 bits per heavy atom. The van der Waals surface area contributed by atoms with E-state index in [0.29, 0.717) is 36.8 Å². The van der Waals surface area contributed by atoms with Crippen LogP contribution in [0.3, 0.4) is 0 Å². The number of anilines is 4. The summed E-state index contributed by atoms with van der Waals surface area (Å²) >= 11 is 0. The molecule has 1 aliphatic heterocycles. The second-order valence-electron chi connectivity index (χ2n) is 7.86. The predicted molar refractivity (Wildman–Crippen MR) is 130 cm³/mol. The van der Waals surface area contributed by atoms with Gasteiger partial charge in [-0.2, -0.15) is 0 Å². The third-order valence-corrected chi connectivity index (χ3v) is 5.42. The van der Waals surface area contributed by atoms with Crippen molar-refractivity contribution < 1.29 is 18.7 Å². The lowest BCUT2D eigenvalue weighted by molar-refractivity contribution is -0.125. The Labute approximate surface area is 197 Å². The molecule has 4 rings (SSSR count). The molecule has 3 aromatic carbocycles. The SMILES string of the molecule is Cc1cc(NC(=O)N(Nc2cccc(CN)c2)c2ccc(F)cc2)ccc1N1CCOCC1=O. The topological polar surface area (TPSA) is 99.9 Å². The fraction of sp³-hybridized carbons (Fsp3) is 0.200. The van der Waals surface area contributed by atoms with Gasteiger partial charge in [-0.15, -0.1) is 0 Å². The molecule has 1 saturated heterocycles. The summed E-state index contributed by atoms with van der Waals surface area (Å²) in [6.45, 7) is 3.25. The Morgan fingerprint density at radius 2 is 1.91 bits per heavy atom. The zero-order chi connectivity index (χ0) is 24.1. The number of halogens is 1. The van der Waals surface area contributed by atoms with Gasteiger partial charge in [-0.1, -0.05) is 12.1 Å². The summed E-state index contributed by atoms with van der Waals surface area (Å²) in [5.41, 5.74) is 13.0. The molecule has 0 saturated carbocycles. The fourth-order valence-corrected chi connectivity index (χ4v) is 3.71. The number of aryl methyl sites for hydroxylation is 1. The number of hydrogen-bond donors (Lipinski definition) is 3. The van der Waals surface area contributed by atoms with Crippen LogP contribution in [0.1, 0.15) is 11.1 Å². The number of urea groups is 1. The van der Waals surface area contributed by atoms with Crippen molar-refractivity contribution in [2.24, 2.45) is 5.73 Å². The van der Waals surface area contributed by atoms with Crippen LogP contribution >= 0.6 is 0 Å². The highest BCUT2D eigenvalue weighted by Gasteiger charge is 2.22. The van der Waals surface area contributed by atoms with Gasteiger partial charge in [0.25, 0.3) is 5.91 Å². The van der Waals surface area contributed by atoms with E-state index in [9.17, 15) is 14.0 Å². The number of hydrazine groups is 1. The number of carbonyl (C=O) groups excluding carboxylic acids is 2. The largest absolute Gasteiger partial charge is 0.370 e. The van der Waals surface area contributed by atoms with Crippen LogP contribution in [0.2, 0.25) is 0 Å². The van der Waals surface area contributed by atoms with Crippen molar-refractivity contribution in [3.63, 3.8) is 0 Å². The number of hydrogen-bond acceptors (Lipinski definition) is 5. The molecule has 34 heavy (non-hydrogen) atoms. The molecular weight excluding hydrogens is 437 g/mol. The number of morpholine rings is 1. The highest BCUT2D eigenvalue weighted by molar-refractivity contribution is 6.03. The second kappa shape index (κ2) is 10.3. The molecule has 1 heterocycles. The fourth-order valence-electron chi connectivity index (χ4n) is 3.71. The quantitative estimate of drug-likeness (QED) is 0.480. The molecule has 0 radical (unpaired) electrons. The number of nitrogens with one attached hydrogen (secondary N) is 2. The maximum Gasteiger partial charge on any atom is 0.345 e. The Kier molecular flexibility index (Phi) is 7.05. The Morgan fingerprint density at radius 1 is 1.12 bits per heavy atom. The minimum absolute atomic E-state index is 0.0571. The van der Waals surface area contributed by atoms with Crippen molar-refractivity contribution in [1.29, 1.82) is 0 Å². The van der Waals surface area contributed by atoms with E-state index in [1.165, 1.54) is 29.3 Å². The standard InChI is InChI=1S/C25H26FN5O3/c1-17-13-20(7-10-23(17)30-11-12-34-16-24(30)32)28-25(33)31(22-8-5-19(26)6-9-22)29-21-4-2-3-18(14-21)15-27/h2-10,13-14,29H,11-12,15-16,27H2,1H3,(H,28,33). The summed E-state index contributed by atoms with van der Waals surface area (Å²) in [6, 6.07) is 17.8. The van der Waals surface area contributed by atoms with Crippen LogP contribution in [-0.4, -0.2) is 31.7 Å². The lowest BCUT2D eigenvalue weighted by atomic mass is 10.1. The average molecular weight is 464 g/mol. The van der Waals surface area contributed by atoms with Gasteiger partial charge >= 0.3 is 6.03 Å². The van der Waals surface area contributed by atoms with Gasteiger partial charge < -0.3 is 20.7 Å². The maximum atomic E-state index is 13.5. The normalized spacial score (nSPS) is 13.5. The molecule has 9 heteroatoms. The zero-order valence-electron chi connectivity index (χ0n) is 18.8. The van der Waals surface area contributed by atoms with Crippen LogP contribution in [-0.2, 0) is 16.1 Å². The summed E-state index contributed by atoms with van der Waals surface area (Å²) in [7, 11) is 0. The van der Waals surface area contributed by atoms with Crippen LogP contribution in [0.15, 0.2) is 66.7 Å². The Balaban J connectivity index is 1.57. The van der Waals surface area contributed by atoms with Crippen LogP contribution in [0.5, 0.6) is 0 Å². The third kappa shape index (κ3) is 5.33. The van der Waals surface area contributed by atoms with E-state index in [-0.39, 0.29) is 12.5 Å². The number of ether oxygens (including phenoxy) is 1. The molecule has 3 aromatic rings. The monoisotopic (exact) mass is 463 g/mol. The number of nitrogens with two attached hydrogens (primary N) is 1. The maximum absolute atomic E-state index is 13.5. The molecule has 0 bridgehead atoms. The lowest BCUT2D eigenvalue weighted by Gasteiger charge is -2.28. The predicted octanol–water partition coefficient (Wildman–Crippen LogP) is 4.02. The van der Waals surface area contributed by atoms with Gasteiger partial charge in [-0.3, -0.25) is 10.2 Å². The Bertz CT molecular complexity index is 1190.